The van der Waals surface area contributed by atoms with Gasteiger partial charge in [-0.15, -0.1) is 0 Å². The van der Waals surface area contributed by atoms with E-state index in [2.05, 4.69) is 61.5 Å². The van der Waals surface area contributed by atoms with E-state index in [1.54, 1.807) is 0 Å². The van der Waals surface area contributed by atoms with Gasteiger partial charge < -0.3 is 0 Å². The Kier molecular flexibility index (Phi) is 5.00. The van der Waals surface area contributed by atoms with Crippen LogP contribution in [0.15, 0.2) is 30.3 Å². The van der Waals surface area contributed by atoms with Crippen LogP contribution in [0.1, 0.15) is 52.0 Å². The lowest BCUT2D eigenvalue weighted by Crippen LogP contribution is -2.47. The van der Waals surface area contributed by atoms with Gasteiger partial charge in [0.1, 0.15) is 0 Å². The van der Waals surface area contributed by atoms with Crippen LogP contribution in [-0.4, -0.2) is 24.1 Å². The zero-order chi connectivity index (χ0) is 13.7. The Bertz CT molecular complexity index is 366. The summed E-state index contributed by atoms with van der Waals surface area (Å²) >= 11 is 0. The molecule has 19 heavy (non-hydrogen) atoms. The number of hydrogen-bond donors (Lipinski definition) is 1. The second kappa shape index (κ2) is 6.53. The van der Waals surface area contributed by atoms with Crippen molar-refractivity contribution in [3.05, 3.63) is 35.9 Å². The number of benzene rings is 1. The van der Waals surface area contributed by atoms with Gasteiger partial charge in [0.15, 0.2) is 0 Å². The van der Waals surface area contributed by atoms with Crippen molar-refractivity contribution in [2.75, 3.05) is 13.1 Å². The average Bonchev–Trinajstić information content (AvgIpc) is 2.40. The summed E-state index contributed by atoms with van der Waals surface area (Å²) < 4.78 is 0. The molecular weight excluding hydrogens is 232 g/mol. The van der Waals surface area contributed by atoms with E-state index in [4.69, 9.17) is 0 Å². The molecule has 1 fully saturated rings. The first-order valence-electron chi connectivity index (χ1n) is 7.64. The van der Waals surface area contributed by atoms with E-state index in [0.29, 0.717) is 6.04 Å². The molecule has 0 aromatic heterocycles. The largest absolute Gasteiger partial charge is 0.252 e. The van der Waals surface area contributed by atoms with Crippen LogP contribution in [-0.2, 0) is 5.41 Å². The van der Waals surface area contributed by atoms with Crippen LogP contribution in [0.25, 0.3) is 0 Å². The Hall–Kier alpha value is -0.860. The second-order valence-electron chi connectivity index (χ2n) is 6.53. The van der Waals surface area contributed by atoms with Crippen molar-refractivity contribution in [2.45, 2.75) is 57.9 Å². The molecule has 2 rings (SSSR count). The van der Waals surface area contributed by atoms with Crippen molar-refractivity contribution in [3.8, 4) is 0 Å². The third kappa shape index (κ3) is 4.32. The number of nitrogens with zero attached hydrogens (tertiary/aromatic N) is 1. The summed E-state index contributed by atoms with van der Waals surface area (Å²) in [7, 11) is 0. The van der Waals surface area contributed by atoms with Crippen molar-refractivity contribution in [3.63, 3.8) is 0 Å². The number of piperidine rings is 1. The molecule has 1 aliphatic rings. The van der Waals surface area contributed by atoms with Gasteiger partial charge in [-0.3, -0.25) is 5.43 Å². The summed E-state index contributed by atoms with van der Waals surface area (Å²) in [6.07, 6.45) is 5.22. The molecule has 0 spiro atoms. The summed E-state index contributed by atoms with van der Waals surface area (Å²) in [5.41, 5.74) is 5.34. The Morgan fingerprint density at radius 3 is 2.37 bits per heavy atom. The maximum absolute atomic E-state index is 3.68. The first-order valence-corrected chi connectivity index (χ1v) is 7.64. The molecule has 1 aromatic carbocycles. The van der Waals surface area contributed by atoms with Crippen LogP contribution >= 0.6 is 0 Å². The van der Waals surface area contributed by atoms with E-state index < -0.39 is 0 Å². The lowest BCUT2D eigenvalue weighted by molar-refractivity contribution is 0.123. The highest BCUT2D eigenvalue weighted by molar-refractivity contribution is 5.23. The highest BCUT2D eigenvalue weighted by Gasteiger charge is 2.24. The van der Waals surface area contributed by atoms with Crippen molar-refractivity contribution < 1.29 is 0 Å². The molecule has 0 bridgehead atoms. The van der Waals surface area contributed by atoms with Gasteiger partial charge in [0.05, 0.1) is 0 Å². The number of nitrogens with one attached hydrogen (secondary N) is 1. The van der Waals surface area contributed by atoms with Crippen LogP contribution in [0.5, 0.6) is 0 Å². The SMILES string of the molecule is CC(CC(C)(C)c1ccccc1)NN1CCCCC1. The lowest BCUT2D eigenvalue weighted by atomic mass is 9.79. The molecule has 106 valence electrons. The van der Waals surface area contributed by atoms with Gasteiger partial charge >= 0.3 is 0 Å². The van der Waals surface area contributed by atoms with E-state index in [1.165, 1.54) is 37.9 Å². The van der Waals surface area contributed by atoms with Gasteiger partial charge in [-0.25, -0.2) is 5.01 Å². The quantitative estimate of drug-likeness (QED) is 0.867. The Morgan fingerprint density at radius 2 is 1.74 bits per heavy atom. The van der Waals surface area contributed by atoms with Crippen LogP contribution < -0.4 is 5.43 Å². The molecular formula is C17H28N2. The normalized spacial score (nSPS) is 19.3. The molecule has 1 heterocycles. The van der Waals surface area contributed by atoms with Crippen molar-refractivity contribution in [2.24, 2.45) is 0 Å². The van der Waals surface area contributed by atoms with Gasteiger partial charge in [0.2, 0.25) is 0 Å². The predicted molar refractivity (Wildman–Crippen MR) is 82.1 cm³/mol. The minimum Gasteiger partial charge on any atom is -0.252 e. The number of hydrogen-bond acceptors (Lipinski definition) is 2. The fourth-order valence-corrected chi connectivity index (χ4v) is 3.15. The third-order valence-corrected chi connectivity index (χ3v) is 4.13. The number of hydrazine groups is 1. The molecule has 1 unspecified atom stereocenters. The molecule has 0 amide bonds. The summed E-state index contributed by atoms with van der Waals surface area (Å²) in [6.45, 7) is 9.40. The van der Waals surface area contributed by atoms with Gasteiger partial charge in [-0.1, -0.05) is 50.6 Å². The second-order valence-corrected chi connectivity index (χ2v) is 6.53. The Balaban J connectivity index is 1.88. The van der Waals surface area contributed by atoms with Gasteiger partial charge in [0, 0.05) is 19.1 Å². The van der Waals surface area contributed by atoms with Gasteiger partial charge in [-0.2, -0.15) is 0 Å². The number of rotatable bonds is 5. The molecule has 1 aliphatic heterocycles. The molecule has 0 saturated carbocycles. The molecule has 0 radical (unpaired) electrons. The molecule has 1 aromatic rings. The van der Waals surface area contributed by atoms with E-state index in [0.717, 1.165) is 6.42 Å². The van der Waals surface area contributed by atoms with Crippen LogP contribution in [0.3, 0.4) is 0 Å². The van der Waals surface area contributed by atoms with Gasteiger partial charge in [0.25, 0.3) is 0 Å². The molecule has 2 nitrogen and oxygen atoms in total. The summed E-state index contributed by atoms with van der Waals surface area (Å²) in [5, 5.41) is 2.41. The predicted octanol–water partition coefficient (Wildman–Crippen LogP) is 3.73. The minimum atomic E-state index is 0.226. The highest BCUT2D eigenvalue weighted by atomic mass is 15.5. The van der Waals surface area contributed by atoms with E-state index in [9.17, 15) is 0 Å². The fraction of sp³-hybridized carbons (Fsp3) is 0.647. The Morgan fingerprint density at radius 1 is 1.11 bits per heavy atom. The topological polar surface area (TPSA) is 15.3 Å². The van der Waals surface area contributed by atoms with Crippen LogP contribution in [0, 0.1) is 0 Å². The first-order chi connectivity index (χ1) is 9.08. The van der Waals surface area contributed by atoms with E-state index in [1.807, 2.05) is 0 Å². The third-order valence-electron chi connectivity index (χ3n) is 4.13. The molecule has 1 atom stereocenters. The van der Waals surface area contributed by atoms with E-state index in [-0.39, 0.29) is 5.41 Å². The maximum Gasteiger partial charge on any atom is 0.0195 e. The smallest absolute Gasteiger partial charge is 0.0195 e. The minimum absolute atomic E-state index is 0.226. The maximum atomic E-state index is 3.68. The zero-order valence-electron chi connectivity index (χ0n) is 12.7. The molecule has 1 N–H and O–H groups in total. The van der Waals surface area contributed by atoms with Crippen molar-refractivity contribution >= 4 is 0 Å². The van der Waals surface area contributed by atoms with Crippen molar-refractivity contribution in [1.82, 2.24) is 10.4 Å². The summed E-state index contributed by atoms with van der Waals surface area (Å²) in [5.74, 6) is 0. The molecule has 1 saturated heterocycles. The zero-order valence-corrected chi connectivity index (χ0v) is 12.7. The molecule has 2 heteroatoms. The monoisotopic (exact) mass is 260 g/mol. The van der Waals surface area contributed by atoms with Crippen LogP contribution in [0.4, 0.5) is 0 Å². The van der Waals surface area contributed by atoms with Crippen molar-refractivity contribution in [1.29, 1.82) is 0 Å². The summed E-state index contributed by atoms with van der Waals surface area (Å²) in [4.78, 5) is 0. The summed E-state index contributed by atoms with van der Waals surface area (Å²) in [6, 6.07) is 11.4. The first kappa shape index (κ1) is 14.5. The lowest BCUT2D eigenvalue weighted by Gasteiger charge is -2.34. The highest BCUT2D eigenvalue weighted by Crippen LogP contribution is 2.28. The standard InChI is InChI=1S/C17H28N2/c1-15(18-19-12-8-5-9-13-19)14-17(2,3)16-10-6-4-7-11-16/h4,6-7,10-11,15,18H,5,8-9,12-14H2,1-3H3. The fourth-order valence-electron chi connectivity index (χ4n) is 3.15. The Labute approximate surface area is 118 Å². The molecule has 0 aliphatic carbocycles. The van der Waals surface area contributed by atoms with Crippen LogP contribution in [0.2, 0.25) is 0 Å². The van der Waals surface area contributed by atoms with Gasteiger partial charge in [-0.05, 0) is 37.2 Å². The average molecular weight is 260 g/mol. The van der Waals surface area contributed by atoms with E-state index >= 15 is 0 Å².